The van der Waals surface area contributed by atoms with Crippen LogP contribution in [0.3, 0.4) is 0 Å². The Morgan fingerprint density at radius 3 is 2.75 bits per heavy atom. The lowest BCUT2D eigenvalue weighted by molar-refractivity contribution is -0.173. The van der Waals surface area contributed by atoms with Crippen molar-refractivity contribution in [1.29, 1.82) is 0 Å². The molecule has 1 N–H and O–H groups in total. The van der Waals surface area contributed by atoms with Crippen LogP contribution in [-0.4, -0.2) is 40.8 Å². The highest BCUT2D eigenvalue weighted by Crippen LogP contribution is 2.26. The van der Waals surface area contributed by atoms with Gasteiger partial charge in [0.05, 0.1) is 6.54 Å². The lowest BCUT2D eigenvalue weighted by atomic mass is 9.97. The molecule has 0 radical (unpaired) electrons. The Bertz CT molecular complexity index is 240. The maximum Gasteiger partial charge on any atom is 0.408 e. The van der Waals surface area contributed by atoms with Crippen molar-refractivity contribution in [2.24, 2.45) is 0 Å². The number of carboxylic acid groups (broad SMARTS) is 1. The van der Waals surface area contributed by atoms with E-state index in [1.807, 2.05) is 0 Å². The van der Waals surface area contributed by atoms with Crippen molar-refractivity contribution in [2.75, 3.05) is 6.54 Å². The molecule has 0 aromatic heterocycles. The Labute approximate surface area is 68.9 Å². The van der Waals surface area contributed by atoms with Crippen molar-refractivity contribution in [1.82, 2.24) is 4.90 Å². The van der Waals surface area contributed by atoms with E-state index >= 15 is 0 Å². The first-order valence-corrected chi connectivity index (χ1v) is 3.88. The van der Waals surface area contributed by atoms with Crippen LogP contribution in [0.15, 0.2) is 0 Å². The van der Waals surface area contributed by atoms with Crippen LogP contribution in [-0.2, 0) is 9.53 Å². The summed E-state index contributed by atoms with van der Waals surface area (Å²) in [6.07, 6.45) is 0.163. The number of esters is 1. The van der Waals surface area contributed by atoms with Gasteiger partial charge < -0.3 is 9.84 Å². The SMILES string of the molecule is O=C1OC2CCC1N(C(=O)O)C2. The summed E-state index contributed by atoms with van der Waals surface area (Å²) in [5, 5.41) is 8.70. The molecule has 0 aromatic rings. The molecule has 3 saturated heterocycles. The van der Waals surface area contributed by atoms with Crippen molar-refractivity contribution in [2.45, 2.75) is 25.0 Å². The van der Waals surface area contributed by atoms with E-state index in [0.717, 1.165) is 6.42 Å². The minimum absolute atomic E-state index is 0.210. The average Bonchev–Trinajstić information content (AvgIpc) is 2.04. The van der Waals surface area contributed by atoms with E-state index < -0.39 is 12.1 Å². The van der Waals surface area contributed by atoms with Gasteiger partial charge in [0.1, 0.15) is 12.1 Å². The normalized spacial score (nSPS) is 33.3. The Hall–Kier alpha value is -1.26. The highest BCUT2D eigenvalue weighted by molar-refractivity contribution is 5.82. The van der Waals surface area contributed by atoms with Crippen molar-refractivity contribution in [3.8, 4) is 0 Å². The third-order valence-corrected chi connectivity index (χ3v) is 2.34. The number of carbonyl (C=O) groups excluding carboxylic acids is 1. The molecule has 3 heterocycles. The number of carbonyl (C=O) groups is 2. The van der Waals surface area contributed by atoms with Gasteiger partial charge in [-0.2, -0.15) is 0 Å². The van der Waals surface area contributed by atoms with Crippen molar-refractivity contribution < 1.29 is 19.4 Å². The van der Waals surface area contributed by atoms with E-state index in [-0.39, 0.29) is 12.1 Å². The first kappa shape index (κ1) is 7.39. The van der Waals surface area contributed by atoms with E-state index in [1.165, 1.54) is 4.90 Å². The van der Waals surface area contributed by atoms with Gasteiger partial charge in [0, 0.05) is 0 Å². The summed E-state index contributed by atoms with van der Waals surface area (Å²) in [6.45, 7) is 0.339. The molecule has 0 spiro atoms. The second-order valence-corrected chi connectivity index (χ2v) is 3.09. The van der Waals surface area contributed by atoms with Gasteiger partial charge in [0.15, 0.2) is 0 Å². The second-order valence-electron chi connectivity index (χ2n) is 3.09. The number of ether oxygens (including phenoxy) is 1. The second kappa shape index (κ2) is 2.36. The number of hydrogen-bond donors (Lipinski definition) is 1. The van der Waals surface area contributed by atoms with Gasteiger partial charge in [-0.3, -0.25) is 4.90 Å². The molecule has 2 unspecified atom stereocenters. The van der Waals surface area contributed by atoms with Gasteiger partial charge in [-0.25, -0.2) is 9.59 Å². The summed E-state index contributed by atoms with van der Waals surface area (Å²) < 4.78 is 4.92. The molecule has 3 fully saturated rings. The highest BCUT2D eigenvalue weighted by atomic mass is 16.6. The molecule has 2 atom stereocenters. The molecule has 0 aromatic carbocycles. The Kier molecular flexibility index (Phi) is 1.46. The van der Waals surface area contributed by atoms with E-state index in [2.05, 4.69) is 0 Å². The molecule has 12 heavy (non-hydrogen) atoms. The molecular weight excluding hydrogens is 162 g/mol. The standard InChI is InChI=1S/C7H9NO4/c9-6-5-2-1-4(12-6)3-8(5)7(10)11/h4-5H,1-3H2,(H,10,11). The van der Waals surface area contributed by atoms with Crippen LogP contribution in [0.4, 0.5) is 4.79 Å². The number of hydrogen-bond acceptors (Lipinski definition) is 3. The molecule has 2 bridgehead atoms. The molecule has 3 aliphatic rings. The van der Waals surface area contributed by atoms with E-state index in [9.17, 15) is 9.59 Å². The number of fused-ring (bicyclic) bond motifs is 3. The van der Waals surface area contributed by atoms with Crippen LogP contribution in [0.2, 0.25) is 0 Å². The Balaban J connectivity index is 2.19. The molecular formula is C7H9NO4. The number of amides is 1. The molecule has 0 aliphatic carbocycles. The van der Waals surface area contributed by atoms with Gasteiger partial charge in [-0.15, -0.1) is 0 Å². The van der Waals surface area contributed by atoms with Crippen molar-refractivity contribution >= 4 is 12.1 Å². The Morgan fingerprint density at radius 2 is 2.33 bits per heavy atom. The fourth-order valence-electron chi connectivity index (χ4n) is 1.73. The topological polar surface area (TPSA) is 66.8 Å². The van der Waals surface area contributed by atoms with E-state index in [4.69, 9.17) is 9.84 Å². The van der Waals surface area contributed by atoms with Crippen LogP contribution in [0.25, 0.3) is 0 Å². The van der Waals surface area contributed by atoms with Gasteiger partial charge >= 0.3 is 12.1 Å². The molecule has 0 saturated carbocycles. The summed E-state index contributed by atoms with van der Waals surface area (Å²) in [5.74, 6) is -0.389. The van der Waals surface area contributed by atoms with Crippen LogP contribution in [0.1, 0.15) is 12.8 Å². The minimum Gasteiger partial charge on any atom is -0.465 e. The van der Waals surface area contributed by atoms with Crippen LogP contribution in [0.5, 0.6) is 0 Å². The summed E-state index contributed by atoms with van der Waals surface area (Å²) in [4.78, 5) is 22.8. The predicted octanol–water partition coefficient (Wildman–Crippen LogP) is 0.0542. The van der Waals surface area contributed by atoms with Crippen LogP contribution >= 0.6 is 0 Å². The van der Waals surface area contributed by atoms with Crippen molar-refractivity contribution in [3.63, 3.8) is 0 Å². The first-order chi connectivity index (χ1) is 5.68. The summed E-state index contributed by atoms with van der Waals surface area (Å²) in [6, 6.07) is -0.549. The molecule has 66 valence electrons. The van der Waals surface area contributed by atoms with Gasteiger partial charge in [-0.1, -0.05) is 0 Å². The number of piperidine rings is 1. The van der Waals surface area contributed by atoms with Crippen LogP contribution in [0, 0.1) is 0 Å². The third-order valence-electron chi connectivity index (χ3n) is 2.34. The first-order valence-electron chi connectivity index (χ1n) is 3.88. The summed E-state index contributed by atoms with van der Waals surface area (Å²) in [7, 11) is 0. The highest BCUT2D eigenvalue weighted by Gasteiger charge is 2.43. The predicted molar refractivity (Wildman–Crippen MR) is 37.6 cm³/mol. The molecule has 5 heteroatoms. The Morgan fingerprint density at radius 1 is 1.58 bits per heavy atom. The largest absolute Gasteiger partial charge is 0.465 e. The monoisotopic (exact) mass is 171 g/mol. The maximum absolute atomic E-state index is 11.0. The fraction of sp³-hybridized carbons (Fsp3) is 0.714. The lowest BCUT2D eigenvalue weighted by Gasteiger charge is -2.41. The third kappa shape index (κ3) is 0.929. The number of morpholine rings is 1. The molecule has 3 rings (SSSR count). The van der Waals surface area contributed by atoms with Gasteiger partial charge in [0.2, 0.25) is 0 Å². The van der Waals surface area contributed by atoms with E-state index in [0.29, 0.717) is 13.0 Å². The van der Waals surface area contributed by atoms with Gasteiger partial charge in [-0.05, 0) is 12.8 Å². The zero-order valence-electron chi connectivity index (χ0n) is 6.40. The molecule has 5 nitrogen and oxygen atoms in total. The average molecular weight is 171 g/mol. The maximum atomic E-state index is 11.0. The zero-order chi connectivity index (χ0) is 8.72. The molecule has 3 aliphatic heterocycles. The smallest absolute Gasteiger partial charge is 0.408 e. The van der Waals surface area contributed by atoms with E-state index in [1.54, 1.807) is 0 Å². The van der Waals surface area contributed by atoms with Crippen LogP contribution < -0.4 is 0 Å². The zero-order valence-corrected chi connectivity index (χ0v) is 6.40. The number of nitrogens with zero attached hydrogens (tertiary/aromatic N) is 1. The summed E-state index contributed by atoms with van der Waals surface area (Å²) in [5.41, 5.74) is 0. The molecule has 1 amide bonds. The quantitative estimate of drug-likeness (QED) is 0.523. The van der Waals surface area contributed by atoms with Gasteiger partial charge in [0.25, 0.3) is 0 Å². The lowest BCUT2D eigenvalue weighted by Crippen LogP contribution is -2.58. The summed E-state index contributed by atoms with van der Waals surface area (Å²) >= 11 is 0. The van der Waals surface area contributed by atoms with Crippen molar-refractivity contribution in [3.05, 3.63) is 0 Å². The fourth-order valence-corrected chi connectivity index (χ4v) is 1.73. The minimum atomic E-state index is -1.03. The number of rotatable bonds is 0.